The van der Waals surface area contributed by atoms with Gasteiger partial charge in [0.05, 0.1) is 0 Å². The molecule has 10 heteroatoms. The predicted molar refractivity (Wildman–Crippen MR) is 72.8 cm³/mol. The number of halogens is 2. The van der Waals surface area contributed by atoms with E-state index in [4.69, 9.17) is 10.8 Å². The summed E-state index contributed by atoms with van der Waals surface area (Å²) in [4.78, 5) is 20.0. The Morgan fingerprint density at radius 2 is 1.91 bits per heavy atom. The molecule has 1 aromatic carbocycles. The highest BCUT2D eigenvalue weighted by Gasteiger charge is 2.31. The molecule has 0 bridgehead atoms. The zero-order chi connectivity index (χ0) is 16.9. The number of nitrogens with two attached hydrogens (primary N) is 1. The van der Waals surface area contributed by atoms with E-state index in [0.29, 0.717) is 12.1 Å². The third kappa shape index (κ3) is 4.74. The Hall–Kier alpha value is -1.54. The van der Waals surface area contributed by atoms with Gasteiger partial charge in [0.15, 0.2) is 29.8 Å². The summed E-state index contributed by atoms with van der Waals surface area (Å²) in [5.41, 5.74) is 4.76. The molecule has 2 atom stereocenters. The van der Waals surface area contributed by atoms with Crippen molar-refractivity contribution in [2.45, 2.75) is 12.3 Å². The molecule has 0 saturated carbocycles. The van der Waals surface area contributed by atoms with Crippen molar-refractivity contribution in [3.05, 3.63) is 29.3 Å². The molecule has 1 aromatic rings. The van der Waals surface area contributed by atoms with Crippen LogP contribution < -0.4 is 10.5 Å². The fourth-order valence-electron chi connectivity index (χ4n) is 1.67. The average molecular weight is 339 g/mol. The topological polar surface area (TPSA) is 130 Å². The Kier molecular flexibility index (Phi) is 6.43. The summed E-state index contributed by atoms with van der Waals surface area (Å²) in [7, 11) is -4.10. The Balaban J connectivity index is 3.02. The molecule has 2 unspecified atom stereocenters. The average Bonchev–Trinajstić information content (AvgIpc) is 2.42. The molecule has 0 saturated heterocycles. The minimum absolute atomic E-state index is 0.127. The van der Waals surface area contributed by atoms with Crippen LogP contribution >= 0.6 is 7.37 Å². The summed E-state index contributed by atoms with van der Waals surface area (Å²) in [5, 5.41) is 18.2. The van der Waals surface area contributed by atoms with Crippen LogP contribution in [0.25, 0.3) is 0 Å². The molecular formula is C12H16F2NO6P. The van der Waals surface area contributed by atoms with Gasteiger partial charge in [-0.3, -0.25) is 4.57 Å². The number of aliphatic hydroxyl groups excluding tert-OH is 1. The molecule has 0 aliphatic heterocycles. The second kappa shape index (κ2) is 7.64. The third-order valence-electron chi connectivity index (χ3n) is 2.72. The first-order chi connectivity index (χ1) is 10.2. The van der Waals surface area contributed by atoms with Gasteiger partial charge in [0, 0.05) is 6.16 Å². The second-order valence-corrected chi connectivity index (χ2v) is 6.94. The number of carboxylic acid groups (broad SMARTS) is 1. The largest absolute Gasteiger partial charge is 0.479 e. The third-order valence-corrected chi connectivity index (χ3v) is 4.74. The van der Waals surface area contributed by atoms with E-state index in [0.717, 1.165) is 0 Å². The normalized spacial score (nSPS) is 15.1. The number of hydrogen-bond donors (Lipinski definition) is 4. The van der Waals surface area contributed by atoms with Crippen LogP contribution in [0.3, 0.4) is 0 Å². The molecule has 0 radical (unpaired) electrons. The molecular weight excluding hydrogens is 323 g/mol. The predicted octanol–water partition coefficient (Wildman–Crippen LogP) is 1.04. The minimum Gasteiger partial charge on any atom is -0.479 e. The van der Waals surface area contributed by atoms with E-state index in [9.17, 15) is 28.1 Å². The van der Waals surface area contributed by atoms with Crippen molar-refractivity contribution in [2.24, 2.45) is 5.73 Å². The van der Waals surface area contributed by atoms with Crippen LogP contribution in [0, 0.1) is 11.6 Å². The van der Waals surface area contributed by atoms with Crippen molar-refractivity contribution in [1.82, 2.24) is 0 Å². The van der Waals surface area contributed by atoms with Gasteiger partial charge in [-0.25, -0.2) is 13.6 Å². The molecule has 0 spiro atoms. The van der Waals surface area contributed by atoms with Crippen LogP contribution in [0.15, 0.2) is 12.1 Å². The Labute approximate surface area is 124 Å². The van der Waals surface area contributed by atoms with Crippen LogP contribution in [-0.2, 0) is 9.36 Å². The number of carbonyl (C=O) groups is 1. The van der Waals surface area contributed by atoms with Gasteiger partial charge in [0.2, 0.25) is 7.37 Å². The Morgan fingerprint density at radius 1 is 1.36 bits per heavy atom. The van der Waals surface area contributed by atoms with E-state index in [1.807, 2.05) is 0 Å². The van der Waals surface area contributed by atoms with E-state index in [1.54, 1.807) is 0 Å². The smallest absolute Gasteiger partial charge is 0.341 e. The van der Waals surface area contributed by atoms with Gasteiger partial charge in [-0.05, 0) is 30.7 Å². The molecule has 0 aromatic heterocycles. The fourth-order valence-corrected chi connectivity index (χ4v) is 3.17. The van der Waals surface area contributed by atoms with Crippen LogP contribution in [0.1, 0.15) is 17.8 Å². The number of benzene rings is 1. The van der Waals surface area contributed by atoms with Gasteiger partial charge >= 0.3 is 5.97 Å². The number of aliphatic carboxylic acids is 1. The molecule has 0 aliphatic rings. The van der Waals surface area contributed by atoms with Crippen LogP contribution in [0.4, 0.5) is 8.78 Å². The first-order valence-electron chi connectivity index (χ1n) is 6.22. The monoisotopic (exact) mass is 339 g/mol. The van der Waals surface area contributed by atoms with Crippen LogP contribution in [0.2, 0.25) is 0 Å². The highest BCUT2D eigenvalue weighted by molar-refractivity contribution is 7.58. The summed E-state index contributed by atoms with van der Waals surface area (Å²) in [6, 6.07) is 1.24. The lowest BCUT2D eigenvalue weighted by Crippen LogP contribution is -2.12. The lowest BCUT2D eigenvalue weighted by molar-refractivity contribution is -0.139. The maximum absolute atomic E-state index is 13.7. The maximum atomic E-state index is 13.7. The van der Waals surface area contributed by atoms with Crippen molar-refractivity contribution < 1.29 is 38.0 Å². The van der Waals surface area contributed by atoms with Crippen LogP contribution in [0.5, 0.6) is 5.75 Å². The standard InChI is InChI=1S/C12H16F2NO6P/c13-8-4-7(12(18)22(19,20)3-1-2-15)5-9(14)11(8)21-6-10(16)17/h4-5,12,18H,1-3,6,15H2,(H,16,17)(H,19,20). The van der Waals surface area contributed by atoms with Crippen molar-refractivity contribution in [1.29, 1.82) is 0 Å². The lowest BCUT2D eigenvalue weighted by atomic mass is 10.2. The number of rotatable bonds is 8. The van der Waals surface area contributed by atoms with E-state index in [2.05, 4.69) is 4.74 Å². The summed E-state index contributed by atoms with van der Waals surface area (Å²) < 4.78 is 43.7. The summed E-state index contributed by atoms with van der Waals surface area (Å²) >= 11 is 0. The molecule has 1 rings (SSSR count). The summed E-state index contributed by atoms with van der Waals surface area (Å²) in [6.45, 7) is -0.827. The summed E-state index contributed by atoms with van der Waals surface area (Å²) in [6.07, 6.45) is -0.138. The van der Waals surface area contributed by atoms with Crippen molar-refractivity contribution in [3.63, 3.8) is 0 Å². The molecule has 0 aliphatic carbocycles. The van der Waals surface area contributed by atoms with Gasteiger partial charge in [0.25, 0.3) is 0 Å². The number of aliphatic hydroxyl groups is 1. The maximum Gasteiger partial charge on any atom is 0.341 e. The van der Waals surface area contributed by atoms with Crippen molar-refractivity contribution in [2.75, 3.05) is 19.3 Å². The lowest BCUT2D eigenvalue weighted by Gasteiger charge is -2.19. The van der Waals surface area contributed by atoms with E-state index < -0.39 is 48.7 Å². The summed E-state index contributed by atoms with van der Waals surface area (Å²) in [5.74, 6) is -6.91. The molecule has 0 fully saturated rings. The van der Waals surface area contributed by atoms with Gasteiger partial charge in [-0.15, -0.1) is 0 Å². The van der Waals surface area contributed by atoms with E-state index in [-0.39, 0.29) is 19.1 Å². The van der Waals surface area contributed by atoms with E-state index in [1.165, 1.54) is 0 Å². The SMILES string of the molecule is NCCCP(=O)(O)C(O)c1cc(F)c(OCC(=O)O)c(F)c1. The second-order valence-electron chi connectivity index (χ2n) is 4.49. The molecule has 0 amide bonds. The van der Waals surface area contributed by atoms with Gasteiger partial charge in [-0.1, -0.05) is 0 Å². The van der Waals surface area contributed by atoms with E-state index >= 15 is 0 Å². The molecule has 5 N–H and O–H groups in total. The highest BCUT2D eigenvalue weighted by atomic mass is 31.2. The van der Waals surface area contributed by atoms with Crippen LogP contribution in [-0.4, -0.2) is 40.4 Å². The highest BCUT2D eigenvalue weighted by Crippen LogP contribution is 2.54. The van der Waals surface area contributed by atoms with Gasteiger partial charge in [0.1, 0.15) is 0 Å². The molecule has 7 nitrogen and oxygen atoms in total. The quantitative estimate of drug-likeness (QED) is 0.521. The number of ether oxygens (including phenoxy) is 1. The first kappa shape index (κ1) is 18.5. The first-order valence-corrected chi connectivity index (χ1v) is 8.13. The number of hydrogen-bond acceptors (Lipinski definition) is 5. The Morgan fingerprint density at radius 3 is 2.36 bits per heavy atom. The number of carboxylic acids is 1. The Bertz CT molecular complexity index is 574. The zero-order valence-corrected chi connectivity index (χ0v) is 12.3. The molecule has 0 heterocycles. The molecule has 124 valence electrons. The van der Waals surface area contributed by atoms with Gasteiger partial charge < -0.3 is 25.6 Å². The van der Waals surface area contributed by atoms with Gasteiger partial charge in [-0.2, -0.15) is 0 Å². The fraction of sp³-hybridized carbons (Fsp3) is 0.417. The molecule has 22 heavy (non-hydrogen) atoms. The minimum atomic E-state index is -4.10. The van der Waals surface area contributed by atoms with Crippen molar-refractivity contribution in [3.8, 4) is 5.75 Å². The zero-order valence-electron chi connectivity index (χ0n) is 11.4. The van der Waals surface area contributed by atoms with Crippen molar-refractivity contribution >= 4 is 13.3 Å².